The summed E-state index contributed by atoms with van der Waals surface area (Å²) < 4.78 is 7.92. The van der Waals surface area contributed by atoms with Gasteiger partial charge in [0.2, 0.25) is 0 Å². The molecule has 0 aromatic rings. The molecule has 0 amide bonds. The first kappa shape index (κ1) is 5.06. The Balaban J connectivity index is 2.12. The van der Waals surface area contributed by atoms with E-state index in [0.717, 1.165) is 26.4 Å². The Morgan fingerprint density at radius 1 is 1.57 bits per heavy atom. The average Bonchev–Trinajstić information content (AvgIpc) is 1.69. The van der Waals surface area contributed by atoms with Crippen LogP contribution in [-0.2, 0) is 9.10 Å². The monoisotopic (exact) mass is 103 g/mol. The van der Waals surface area contributed by atoms with Crippen molar-refractivity contribution in [1.82, 2.24) is 0 Å². The van der Waals surface area contributed by atoms with Gasteiger partial charge in [-0.25, -0.2) is 0 Å². The Bertz CT molecular complexity index is 48.0. The third kappa shape index (κ3) is 1.45. The van der Waals surface area contributed by atoms with Gasteiger partial charge in [-0.1, -0.05) is 0 Å². The molecule has 2 heteroatoms. The summed E-state index contributed by atoms with van der Waals surface area (Å²) in [6.45, 7) is 2.78. The van der Waals surface area contributed by atoms with Crippen LogP contribution >= 0.6 is 0 Å². The van der Waals surface area contributed by atoms with Crippen molar-refractivity contribution in [2.45, 2.75) is 6.42 Å². The summed E-state index contributed by atoms with van der Waals surface area (Å²) in [5.74, 6) is 0. The van der Waals surface area contributed by atoms with Crippen LogP contribution in [0.2, 0.25) is 0 Å². The molecule has 1 aliphatic heterocycles. The Hall–Kier alpha value is -0.0800. The zero-order chi connectivity index (χ0) is 5.11. The minimum absolute atomic E-state index is 0.736. The normalized spacial score (nSPS) is 25.3. The van der Waals surface area contributed by atoms with E-state index in [1.165, 1.54) is 0 Å². The standard InChI is InChI=1S/C5H11O2/c1-7-4-2-3-6-5-7/h2-5H2,1H3/q+1. The zero-order valence-corrected chi connectivity index (χ0v) is 4.64. The average molecular weight is 103 g/mol. The lowest BCUT2D eigenvalue weighted by molar-refractivity contribution is -0.230. The topological polar surface area (TPSA) is 11.9 Å². The van der Waals surface area contributed by atoms with Crippen LogP contribution in [0, 0.1) is 0 Å². The van der Waals surface area contributed by atoms with Gasteiger partial charge in [-0.2, -0.15) is 0 Å². The number of ether oxygens (including phenoxy) is 1. The third-order valence-corrected chi connectivity index (χ3v) is 1.07. The van der Waals surface area contributed by atoms with Crippen molar-refractivity contribution in [2.75, 3.05) is 27.1 Å². The molecule has 0 saturated carbocycles. The van der Waals surface area contributed by atoms with Crippen molar-refractivity contribution in [3.05, 3.63) is 0 Å². The molecule has 1 rings (SSSR count). The highest BCUT2D eigenvalue weighted by atomic mass is 16.8. The quantitative estimate of drug-likeness (QED) is 0.408. The third-order valence-electron chi connectivity index (χ3n) is 1.07. The minimum atomic E-state index is 0.736. The SMILES string of the molecule is C[O+]1CCCOC1. The maximum atomic E-state index is 5.07. The van der Waals surface area contributed by atoms with Crippen LogP contribution in [0.25, 0.3) is 0 Å². The van der Waals surface area contributed by atoms with Crippen LogP contribution in [0.3, 0.4) is 0 Å². The second kappa shape index (κ2) is 2.28. The Kier molecular flexibility index (Phi) is 1.65. The van der Waals surface area contributed by atoms with E-state index in [1.807, 2.05) is 7.11 Å². The highest BCUT2D eigenvalue weighted by Crippen LogP contribution is 2.00. The van der Waals surface area contributed by atoms with Crippen molar-refractivity contribution >= 4 is 0 Å². The van der Waals surface area contributed by atoms with Gasteiger partial charge in [0.1, 0.15) is 13.7 Å². The van der Waals surface area contributed by atoms with E-state index in [-0.39, 0.29) is 0 Å². The molecular weight excluding hydrogens is 92.1 g/mol. The maximum absolute atomic E-state index is 5.07. The van der Waals surface area contributed by atoms with Crippen LogP contribution in [0.1, 0.15) is 6.42 Å². The molecule has 0 aromatic heterocycles. The molecule has 0 radical (unpaired) electrons. The summed E-state index contributed by atoms with van der Waals surface area (Å²) in [5, 5.41) is 0. The molecule has 0 bridgehead atoms. The predicted molar refractivity (Wildman–Crippen MR) is 27.3 cm³/mol. The highest BCUT2D eigenvalue weighted by molar-refractivity contribution is 4.39. The molecule has 0 aromatic carbocycles. The molecule has 1 fully saturated rings. The van der Waals surface area contributed by atoms with Crippen molar-refractivity contribution < 1.29 is 9.10 Å². The van der Waals surface area contributed by atoms with Crippen molar-refractivity contribution in [1.29, 1.82) is 0 Å². The Morgan fingerprint density at radius 2 is 2.43 bits per heavy atom. The summed E-state index contributed by atoms with van der Waals surface area (Å²) in [6.07, 6.45) is 1.15. The molecule has 42 valence electrons. The van der Waals surface area contributed by atoms with Crippen molar-refractivity contribution in [2.24, 2.45) is 0 Å². The van der Waals surface area contributed by atoms with Crippen LogP contribution in [0.4, 0.5) is 0 Å². The van der Waals surface area contributed by atoms with Crippen molar-refractivity contribution in [3.8, 4) is 0 Å². The summed E-state index contributed by atoms with van der Waals surface area (Å²) in [5.41, 5.74) is 0. The Morgan fingerprint density at radius 3 is 2.71 bits per heavy atom. The molecule has 1 heterocycles. The molecule has 0 atom stereocenters. The summed E-state index contributed by atoms with van der Waals surface area (Å²) >= 11 is 0. The molecule has 7 heavy (non-hydrogen) atoms. The summed E-state index contributed by atoms with van der Waals surface area (Å²) in [6, 6.07) is 0. The van der Waals surface area contributed by atoms with Gasteiger partial charge in [-0.3, -0.25) is 0 Å². The van der Waals surface area contributed by atoms with Gasteiger partial charge in [-0.15, -0.1) is 0 Å². The van der Waals surface area contributed by atoms with Crippen LogP contribution < -0.4 is 0 Å². The van der Waals surface area contributed by atoms with E-state index in [4.69, 9.17) is 4.74 Å². The molecular formula is C5H11O2+. The van der Waals surface area contributed by atoms with Gasteiger partial charge < -0.3 is 9.10 Å². The number of hydrogen-bond acceptors (Lipinski definition) is 1. The van der Waals surface area contributed by atoms with Gasteiger partial charge in [0, 0.05) is 6.42 Å². The number of rotatable bonds is 0. The first-order chi connectivity index (χ1) is 3.39. The molecule has 0 unspecified atom stereocenters. The highest BCUT2D eigenvalue weighted by Gasteiger charge is 2.07. The fraction of sp³-hybridized carbons (Fsp3) is 1.00. The van der Waals surface area contributed by atoms with E-state index in [1.54, 1.807) is 0 Å². The molecule has 1 aliphatic rings. The van der Waals surface area contributed by atoms with E-state index in [9.17, 15) is 0 Å². The first-order valence-electron chi connectivity index (χ1n) is 2.56. The largest absolute Gasteiger partial charge is 0.402 e. The molecule has 1 saturated heterocycles. The fourth-order valence-corrected chi connectivity index (χ4v) is 0.667. The smallest absolute Gasteiger partial charge is 0.255 e. The molecule has 0 spiro atoms. The second-order valence-corrected chi connectivity index (χ2v) is 1.87. The van der Waals surface area contributed by atoms with Gasteiger partial charge in [-0.05, 0) is 0 Å². The second-order valence-electron chi connectivity index (χ2n) is 1.87. The van der Waals surface area contributed by atoms with Gasteiger partial charge in [0.25, 0.3) is 6.79 Å². The van der Waals surface area contributed by atoms with E-state index < -0.39 is 0 Å². The van der Waals surface area contributed by atoms with Gasteiger partial charge in [0.05, 0.1) is 6.61 Å². The molecule has 2 nitrogen and oxygen atoms in total. The van der Waals surface area contributed by atoms with Crippen LogP contribution in [0.5, 0.6) is 0 Å². The van der Waals surface area contributed by atoms with Crippen molar-refractivity contribution in [3.63, 3.8) is 0 Å². The molecule has 0 N–H and O–H groups in total. The Labute approximate surface area is 43.7 Å². The van der Waals surface area contributed by atoms with E-state index in [0.29, 0.717) is 0 Å². The zero-order valence-electron chi connectivity index (χ0n) is 4.64. The lowest BCUT2D eigenvalue weighted by Gasteiger charge is -2.17. The summed E-state index contributed by atoms with van der Waals surface area (Å²) in [4.78, 5) is 0. The van der Waals surface area contributed by atoms with Gasteiger partial charge >= 0.3 is 0 Å². The van der Waals surface area contributed by atoms with E-state index in [2.05, 4.69) is 4.37 Å². The lowest BCUT2D eigenvalue weighted by Crippen LogP contribution is -2.21. The van der Waals surface area contributed by atoms with Crippen LogP contribution in [0.15, 0.2) is 0 Å². The lowest BCUT2D eigenvalue weighted by atomic mass is 10.5. The number of hydrogen-bond donors (Lipinski definition) is 0. The van der Waals surface area contributed by atoms with E-state index >= 15 is 0 Å². The summed E-state index contributed by atoms with van der Waals surface area (Å²) in [7, 11) is 1.99. The maximum Gasteiger partial charge on any atom is 0.255 e. The fourth-order valence-electron chi connectivity index (χ4n) is 0.667. The van der Waals surface area contributed by atoms with Gasteiger partial charge in [0.15, 0.2) is 0 Å². The first-order valence-corrected chi connectivity index (χ1v) is 2.56. The molecule has 0 aliphatic carbocycles. The minimum Gasteiger partial charge on any atom is -0.402 e. The van der Waals surface area contributed by atoms with Crippen LogP contribution in [-0.4, -0.2) is 27.1 Å². The predicted octanol–water partition coefficient (Wildman–Crippen LogP) is 0.546.